The summed E-state index contributed by atoms with van der Waals surface area (Å²) in [5.41, 5.74) is 0.376. The SMILES string of the molecule is COc1ccc(NC(=O)CCc2c(C)[nH]c(=O)[nH]c2=O)cc1NC(=O)c1cccc(F)c1. The summed E-state index contributed by atoms with van der Waals surface area (Å²) in [6.45, 7) is 1.58. The van der Waals surface area contributed by atoms with Gasteiger partial charge in [0.05, 0.1) is 12.8 Å². The van der Waals surface area contributed by atoms with E-state index in [2.05, 4.69) is 20.6 Å². The van der Waals surface area contributed by atoms with Crippen LogP contribution in [0.3, 0.4) is 0 Å². The van der Waals surface area contributed by atoms with Crippen LogP contribution in [-0.4, -0.2) is 28.9 Å². The number of H-pyrrole nitrogens is 2. The van der Waals surface area contributed by atoms with Gasteiger partial charge in [0.2, 0.25) is 5.91 Å². The third-order valence-corrected chi connectivity index (χ3v) is 4.68. The molecule has 0 aliphatic carbocycles. The number of methoxy groups -OCH3 is 1. The van der Waals surface area contributed by atoms with Crippen molar-refractivity contribution in [2.24, 2.45) is 0 Å². The van der Waals surface area contributed by atoms with Gasteiger partial charge in [0.1, 0.15) is 11.6 Å². The highest BCUT2D eigenvalue weighted by Gasteiger charge is 2.13. The smallest absolute Gasteiger partial charge is 0.325 e. The highest BCUT2D eigenvalue weighted by atomic mass is 19.1. The first-order valence-corrected chi connectivity index (χ1v) is 9.63. The zero-order chi connectivity index (χ0) is 23.3. The minimum atomic E-state index is -0.605. The maximum atomic E-state index is 13.4. The number of carbonyl (C=O) groups is 2. The predicted molar refractivity (Wildman–Crippen MR) is 117 cm³/mol. The quantitative estimate of drug-likeness (QED) is 0.448. The summed E-state index contributed by atoms with van der Waals surface area (Å²) in [6, 6.07) is 9.89. The molecule has 0 fully saturated rings. The minimum absolute atomic E-state index is 0.00697. The Balaban J connectivity index is 1.71. The molecular formula is C22H21FN4O5. The first kappa shape index (κ1) is 22.5. The van der Waals surface area contributed by atoms with Crippen LogP contribution < -0.4 is 26.6 Å². The van der Waals surface area contributed by atoms with E-state index in [0.29, 0.717) is 22.7 Å². The fraction of sp³-hybridized carbons (Fsp3) is 0.182. The number of amides is 2. The highest BCUT2D eigenvalue weighted by Crippen LogP contribution is 2.28. The molecule has 1 heterocycles. The van der Waals surface area contributed by atoms with Crippen LogP contribution in [0.25, 0.3) is 0 Å². The lowest BCUT2D eigenvalue weighted by Crippen LogP contribution is -2.27. The average molecular weight is 440 g/mol. The molecule has 0 spiro atoms. The fourth-order valence-corrected chi connectivity index (χ4v) is 3.10. The van der Waals surface area contributed by atoms with Crippen molar-refractivity contribution in [3.63, 3.8) is 0 Å². The lowest BCUT2D eigenvalue weighted by atomic mass is 10.1. The number of hydrogen-bond acceptors (Lipinski definition) is 5. The number of carbonyl (C=O) groups excluding carboxylic acids is 2. The average Bonchev–Trinajstić information content (AvgIpc) is 2.73. The molecule has 1 aromatic heterocycles. The van der Waals surface area contributed by atoms with Crippen molar-refractivity contribution in [2.75, 3.05) is 17.7 Å². The van der Waals surface area contributed by atoms with Crippen molar-refractivity contribution in [3.05, 3.63) is 85.9 Å². The normalized spacial score (nSPS) is 10.5. The summed E-state index contributed by atoms with van der Waals surface area (Å²) in [4.78, 5) is 52.6. The second-order valence-electron chi connectivity index (χ2n) is 6.94. The monoisotopic (exact) mass is 440 g/mol. The number of aromatic amines is 2. The van der Waals surface area contributed by atoms with E-state index < -0.39 is 23.0 Å². The fourth-order valence-electron chi connectivity index (χ4n) is 3.10. The van der Waals surface area contributed by atoms with Crippen molar-refractivity contribution in [1.82, 2.24) is 9.97 Å². The Kier molecular flexibility index (Phi) is 6.83. The van der Waals surface area contributed by atoms with E-state index in [1.165, 1.54) is 31.4 Å². The Morgan fingerprint density at radius 2 is 1.84 bits per heavy atom. The first-order chi connectivity index (χ1) is 15.3. The van der Waals surface area contributed by atoms with Crippen molar-refractivity contribution in [3.8, 4) is 5.75 Å². The third-order valence-electron chi connectivity index (χ3n) is 4.68. The Hall–Kier alpha value is -4.21. The van der Waals surface area contributed by atoms with E-state index in [9.17, 15) is 23.6 Å². The maximum absolute atomic E-state index is 13.4. The Morgan fingerprint density at radius 1 is 1.06 bits per heavy atom. The second kappa shape index (κ2) is 9.73. The van der Waals surface area contributed by atoms with Gasteiger partial charge in [-0.2, -0.15) is 0 Å². The molecule has 2 aromatic carbocycles. The zero-order valence-electron chi connectivity index (χ0n) is 17.4. The molecule has 0 saturated carbocycles. The van der Waals surface area contributed by atoms with Crippen LogP contribution in [0.4, 0.5) is 15.8 Å². The number of anilines is 2. The van der Waals surface area contributed by atoms with Crippen LogP contribution in [-0.2, 0) is 11.2 Å². The van der Waals surface area contributed by atoms with Crippen molar-refractivity contribution in [2.45, 2.75) is 19.8 Å². The number of halogens is 1. The largest absolute Gasteiger partial charge is 0.495 e. The van der Waals surface area contributed by atoms with Crippen LogP contribution in [0.15, 0.2) is 52.1 Å². The van der Waals surface area contributed by atoms with Gasteiger partial charge in [-0.3, -0.25) is 19.4 Å². The van der Waals surface area contributed by atoms with Crippen molar-refractivity contribution < 1.29 is 18.7 Å². The molecule has 2 amide bonds. The van der Waals surface area contributed by atoms with Crippen molar-refractivity contribution in [1.29, 1.82) is 0 Å². The molecule has 9 nitrogen and oxygen atoms in total. The van der Waals surface area contributed by atoms with Gasteiger partial charge < -0.3 is 20.4 Å². The number of aryl methyl sites for hydroxylation is 1. The van der Waals surface area contributed by atoms with Gasteiger partial charge in [-0.1, -0.05) is 6.07 Å². The third kappa shape index (κ3) is 5.48. The van der Waals surface area contributed by atoms with Crippen LogP contribution >= 0.6 is 0 Å². The predicted octanol–water partition coefficient (Wildman–Crippen LogP) is 2.34. The van der Waals surface area contributed by atoms with Gasteiger partial charge in [-0.05, 0) is 49.7 Å². The van der Waals surface area contributed by atoms with Crippen molar-refractivity contribution >= 4 is 23.2 Å². The molecule has 10 heteroatoms. The summed E-state index contributed by atoms with van der Waals surface area (Å²) < 4.78 is 18.6. The first-order valence-electron chi connectivity index (χ1n) is 9.63. The molecule has 3 aromatic rings. The standard InChI is InChI=1S/C22H21FN4O5/c1-12-16(21(30)27-22(31)24-12)7-9-19(28)25-15-6-8-18(32-2)17(11-15)26-20(29)13-4-3-5-14(23)10-13/h3-6,8,10-11H,7,9H2,1-2H3,(H,25,28)(H,26,29)(H2,24,27,30,31). The summed E-state index contributed by atoms with van der Waals surface area (Å²) in [5.74, 6) is -1.10. The molecule has 0 bridgehead atoms. The summed E-state index contributed by atoms with van der Waals surface area (Å²) >= 11 is 0. The van der Waals surface area contributed by atoms with Gasteiger partial charge in [-0.25, -0.2) is 9.18 Å². The summed E-state index contributed by atoms with van der Waals surface area (Å²) in [5, 5.41) is 5.32. The highest BCUT2D eigenvalue weighted by molar-refractivity contribution is 6.05. The lowest BCUT2D eigenvalue weighted by molar-refractivity contribution is -0.116. The summed E-state index contributed by atoms with van der Waals surface area (Å²) in [7, 11) is 1.43. The molecule has 0 aliphatic rings. The zero-order valence-corrected chi connectivity index (χ0v) is 17.4. The number of hydrogen-bond donors (Lipinski definition) is 4. The van der Waals surface area contributed by atoms with Gasteiger partial charge in [-0.15, -0.1) is 0 Å². The van der Waals surface area contributed by atoms with E-state index in [4.69, 9.17) is 4.74 Å². The van der Waals surface area contributed by atoms with Crippen LogP contribution in [0.5, 0.6) is 5.75 Å². The minimum Gasteiger partial charge on any atom is -0.495 e. The van der Waals surface area contributed by atoms with Gasteiger partial charge in [0.15, 0.2) is 0 Å². The van der Waals surface area contributed by atoms with Gasteiger partial charge in [0, 0.05) is 28.9 Å². The van der Waals surface area contributed by atoms with E-state index >= 15 is 0 Å². The molecule has 0 atom stereocenters. The number of ether oxygens (including phenoxy) is 1. The van der Waals surface area contributed by atoms with Crippen LogP contribution in [0, 0.1) is 12.7 Å². The molecule has 4 N–H and O–H groups in total. The number of benzene rings is 2. The Labute approximate surface area is 181 Å². The molecule has 0 radical (unpaired) electrons. The van der Waals surface area contributed by atoms with Gasteiger partial charge in [0.25, 0.3) is 11.5 Å². The van der Waals surface area contributed by atoms with E-state index in [0.717, 1.165) is 6.07 Å². The molecule has 0 aliphatic heterocycles. The molecule has 32 heavy (non-hydrogen) atoms. The second-order valence-corrected chi connectivity index (χ2v) is 6.94. The Bertz CT molecular complexity index is 1280. The topological polar surface area (TPSA) is 133 Å². The van der Waals surface area contributed by atoms with Gasteiger partial charge >= 0.3 is 5.69 Å². The molecule has 3 rings (SSSR count). The summed E-state index contributed by atoms with van der Waals surface area (Å²) in [6.07, 6.45) is 0.121. The maximum Gasteiger partial charge on any atom is 0.325 e. The van der Waals surface area contributed by atoms with E-state index in [1.807, 2.05) is 0 Å². The molecular weight excluding hydrogens is 419 g/mol. The molecule has 0 unspecified atom stereocenters. The number of aromatic nitrogens is 2. The molecule has 0 saturated heterocycles. The van der Waals surface area contributed by atoms with Crippen LogP contribution in [0.2, 0.25) is 0 Å². The van der Waals surface area contributed by atoms with E-state index in [1.54, 1.807) is 19.1 Å². The molecule has 166 valence electrons. The van der Waals surface area contributed by atoms with E-state index in [-0.39, 0.29) is 30.0 Å². The number of rotatable bonds is 7. The Morgan fingerprint density at radius 3 is 2.53 bits per heavy atom. The lowest BCUT2D eigenvalue weighted by Gasteiger charge is -2.13. The number of nitrogens with one attached hydrogen (secondary N) is 4. The van der Waals surface area contributed by atoms with Crippen LogP contribution in [0.1, 0.15) is 28.0 Å².